The first kappa shape index (κ1) is 13.7. The van der Waals surface area contributed by atoms with E-state index in [1.165, 1.54) is 0 Å². The van der Waals surface area contributed by atoms with Gasteiger partial charge in [-0.05, 0) is 14.1 Å². The number of fused-ring (bicyclic) bond motifs is 1. The fraction of sp³-hybridized carbons (Fsp3) is 0.615. The SMILES string of the molecule is CN(C)CCn1cnc2c(C(C)(C)C)[nH]c(=O)nc21. The van der Waals surface area contributed by atoms with Crippen molar-refractivity contribution in [2.75, 3.05) is 20.6 Å². The Hall–Kier alpha value is -1.69. The maximum absolute atomic E-state index is 11.7. The average molecular weight is 263 g/mol. The van der Waals surface area contributed by atoms with Gasteiger partial charge in [0.05, 0.1) is 12.0 Å². The molecule has 19 heavy (non-hydrogen) atoms. The molecule has 0 aliphatic carbocycles. The standard InChI is InChI=1S/C13H21N5O/c1-13(2,3)10-9-11(16-12(19)15-10)18(8-14-9)7-6-17(4)5/h8H,6-7H2,1-5H3,(H,15,16,19). The average Bonchev–Trinajstić information content (AvgIpc) is 2.66. The largest absolute Gasteiger partial charge is 0.347 e. The Morgan fingerprint density at radius 2 is 2.05 bits per heavy atom. The summed E-state index contributed by atoms with van der Waals surface area (Å²) >= 11 is 0. The Labute approximate surface area is 112 Å². The molecular weight excluding hydrogens is 242 g/mol. The van der Waals surface area contributed by atoms with E-state index in [4.69, 9.17) is 0 Å². The fourth-order valence-corrected chi connectivity index (χ4v) is 1.97. The predicted octanol–water partition coefficient (Wildman–Crippen LogP) is 0.979. The van der Waals surface area contributed by atoms with Crippen molar-refractivity contribution in [3.05, 3.63) is 22.5 Å². The Morgan fingerprint density at radius 3 is 2.63 bits per heavy atom. The number of hydrogen-bond donors (Lipinski definition) is 1. The molecule has 6 nitrogen and oxygen atoms in total. The summed E-state index contributed by atoms with van der Waals surface area (Å²) in [4.78, 5) is 25.1. The van der Waals surface area contributed by atoms with E-state index >= 15 is 0 Å². The van der Waals surface area contributed by atoms with Crippen molar-refractivity contribution in [2.45, 2.75) is 32.7 Å². The summed E-state index contributed by atoms with van der Waals surface area (Å²) in [5.41, 5.74) is 1.80. The van der Waals surface area contributed by atoms with E-state index in [2.05, 4.69) is 40.6 Å². The molecule has 2 aromatic heterocycles. The van der Waals surface area contributed by atoms with Crippen molar-refractivity contribution in [1.29, 1.82) is 0 Å². The van der Waals surface area contributed by atoms with Gasteiger partial charge in [-0.15, -0.1) is 0 Å². The minimum atomic E-state index is -0.316. The van der Waals surface area contributed by atoms with Gasteiger partial charge in [-0.2, -0.15) is 4.98 Å². The van der Waals surface area contributed by atoms with Crippen LogP contribution in [0, 0.1) is 0 Å². The summed E-state index contributed by atoms with van der Waals surface area (Å²) < 4.78 is 1.93. The van der Waals surface area contributed by atoms with E-state index in [0.29, 0.717) is 5.65 Å². The molecule has 0 spiro atoms. The molecule has 0 aliphatic rings. The normalized spacial score (nSPS) is 12.5. The molecule has 0 saturated carbocycles. The van der Waals surface area contributed by atoms with Crippen molar-refractivity contribution in [3.8, 4) is 0 Å². The zero-order chi connectivity index (χ0) is 14.2. The molecule has 104 valence electrons. The minimum Gasteiger partial charge on any atom is -0.314 e. The molecule has 0 fully saturated rings. The van der Waals surface area contributed by atoms with Crippen molar-refractivity contribution in [1.82, 2.24) is 24.4 Å². The summed E-state index contributed by atoms with van der Waals surface area (Å²) in [5, 5.41) is 0. The van der Waals surface area contributed by atoms with Gasteiger partial charge >= 0.3 is 5.69 Å². The molecule has 6 heteroatoms. The first-order valence-electron chi connectivity index (χ1n) is 6.39. The third kappa shape index (κ3) is 2.84. The van der Waals surface area contributed by atoms with Gasteiger partial charge in [0, 0.05) is 18.5 Å². The maximum atomic E-state index is 11.7. The summed E-state index contributed by atoms with van der Waals surface area (Å²) in [7, 11) is 4.03. The molecule has 0 saturated heterocycles. The Balaban J connectivity index is 2.54. The zero-order valence-corrected chi connectivity index (χ0v) is 12.2. The molecule has 0 atom stereocenters. The number of aromatic nitrogens is 4. The smallest absolute Gasteiger partial charge is 0.314 e. The zero-order valence-electron chi connectivity index (χ0n) is 12.2. The lowest BCUT2D eigenvalue weighted by molar-refractivity contribution is 0.386. The van der Waals surface area contributed by atoms with Crippen molar-refractivity contribution >= 4 is 11.2 Å². The Morgan fingerprint density at radius 1 is 1.37 bits per heavy atom. The van der Waals surface area contributed by atoms with Crippen molar-refractivity contribution in [3.63, 3.8) is 0 Å². The van der Waals surface area contributed by atoms with E-state index in [1.807, 2.05) is 18.7 Å². The number of rotatable bonds is 3. The summed E-state index contributed by atoms with van der Waals surface area (Å²) in [6, 6.07) is 0. The highest BCUT2D eigenvalue weighted by atomic mass is 16.1. The minimum absolute atomic E-state index is 0.166. The second-order valence-electron chi connectivity index (χ2n) is 6.08. The molecule has 0 bridgehead atoms. The highest BCUT2D eigenvalue weighted by Crippen LogP contribution is 2.24. The third-order valence-electron chi connectivity index (χ3n) is 3.02. The molecule has 0 radical (unpaired) electrons. The van der Waals surface area contributed by atoms with Gasteiger partial charge in [-0.3, -0.25) is 0 Å². The van der Waals surface area contributed by atoms with Crippen LogP contribution in [-0.2, 0) is 12.0 Å². The third-order valence-corrected chi connectivity index (χ3v) is 3.02. The van der Waals surface area contributed by atoms with Gasteiger partial charge in [0.2, 0.25) is 0 Å². The van der Waals surface area contributed by atoms with Crippen molar-refractivity contribution < 1.29 is 0 Å². The Kier molecular flexibility index (Phi) is 3.45. The molecule has 1 N–H and O–H groups in total. The number of aromatic amines is 1. The summed E-state index contributed by atoms with van der Waals surface area (Å²) in [6.45, 7) is 7.80. The molecule has 0 aromatic carbocycles. The van der Waals surface area contributed by atoms with Gasteiger partial charge in [0.25, 0.3) is 0 Å². The molecule has 2 rings (SSSR count). The van der Waals surface area contributed by atoms with Crippen LogP contribution in [0.25, 0.3) is 11.2 Å². The number of imidazole rings is 1. The molecule has 2 aromatic rings. The first-order valence-corrected chi connectivity index (χ1v) is 6.39. The van der Waals surface area contributed by atoms with Crippen LogP contribution < -0.4 is 5.69 Å². The van der Waals surface area contributed by atoms with E-state index in [0.717, 1.165) is 24.3 Å². The lowest BCUT2D eigenvalue weighted by atomic mass is 9.91. The van der Waals surface area contributed by atoms with E-state index in [1.54, 1.807) is 6.33 Å². The van der Waals surface area contributed by atoms with Crippen LogP contribution in [0.1, 0.15) is 26.5 Å². The second kappa shape index (κ2) is 4.77. The molecule has 2 heterocycles. The van der Waals surface area contributed by atoms with Gasteiger partial charge in [-0.25, -0.2) is 9.78 Å². The lowest BCUT2D eigenvalue weighted by Gasteiger charge is -2.18. The van der Waals surface area contributed by atoms with Gasteiger partial charge in [0.1, 0.15) is 5.52 Å². The number of hydrogen-bond acceptors (Lipinski definition) is 4. The molecular formula is C13H21N5O. The van der Waals surface area contributed by atoms with Crippen LogP contribution in [0.2, 0.25) is 0 Å². The van der Waals surface area contributed by atoms with Gasteiger partial charge < -0.3 is 14.5 Å². The highest BCUT2D eigenvalue weighted by molar-refractivity contribution is 5.74. The van der Waals surface area contributed by atoms with Crippen LogP contribution in [0.3, 0.4) is 0 Å². The van der Waals surface area contributed by atoms with E-state index in [-0.39, 0.29) is 11.1 Å². The van der Waals surface area contributed by atoms with Crippen LogP contribution in [0.15, 0.2) is 11.1 Å². The fourth-order valence-electron chi connectivity index (χ4n) is 1.97. The second-order valence-corrected chi connectivity index (χ2v) is 6.08. The Bertz CT molecular complexity index is 633. The first-order chi connectivity index (χ1) is 8.79. The molecule has 0 amide bonds. The predicted molar refractivity (Wildman–Crippen MR) is 75.4 cm³/mol. The van der Waals surface area contributed by atoms with E-state index < -0.39 is 0 Å². The summed E-state index contributed by atoms with van der Waals surface area (Å²) in [6.07, 6.45) is 1.75. The monoisotopic (exact) mass is 263 g/mol. The summed E-state index contributed by atoms with van der Waals surface area (Å²) in [5.74, 6) is 0. The van der Waals surface area contributed by atoms with Crippen LogP contribution in [-0.4, -0.2) is 45.1 Å². The van der Waals surface area contributed by atoms with Gasteiger partial charge in [0.15, 0.2) is 5.65 Å². The molecule has 0 unspecified atom stereocenters. The number of nitrogens with one attached hydrogen (secondary N) is 1. The topological polar surface area (TPSA) is 66.8 Å². The van der Waals surface area contributed by atoms with Crippen molar-refractivity contribution in [2.24, 2.45) is 0 Å². The van der Waals surface area contributed by atoms with Crippen LogP contribution >= 0.6 is 0 Å². The molecule has 0 aliphatic heterocycles. The van der Waals surface area contributed by atoms with E-state index in [9.17, 15) is 4.79 Å². The number of likely N-dealkylation sites (N-methyl/N-ethyl adjacent to an activating group) is 1. The number of nitrogens with zero attached hydrogens (tertiary/aromatic N) is 4. The maximum Gasteiger partial charge on any atom is 0.347 e. The number of H-pyrrole nitrogens is 1. The lowest BCUT2D eigenvalue weighted by Crippen LogP contribution is -2.23. The van der Waals surface area contributed by atoms with Crippen LogP contribution in [0.4, 0.5) is 0 Å². The van der Waals surface area contributed by atoms with Crippen LogP contribution in [0.5, 0.6) is 0 Å². The highest BCUT2D eigenvalue weighted by Gasteiger charge is 2.21. The van der Waals surface area contributed by atoms with Gasteiger partial charge in [-0.1, -0.05) is 20.8 Å². The quantitative estimate of drug-likeness (QED) is 0.896.